The molecule has 1 aromatic carbocycles. The maximum atomic E-state index is 14.1. The van der Waals surface area contributed by atoms with Gasteiger partial charge in [0.05, 0.1) is 18.5 Å². The fourth-order valence-electron chi connectivity index (χ4n) is 7.61. The highest BCUT2D eigenvalue weighted by molar-refractivity contribution is 6.32. The summed E-state index contributed by atoms with van der Waals surface area (Å²) >= 11 is 0. The van der Waals surface area contributed by atoms with Gasteiger partial charge in [0.15, 0.2) is 17.3 Å². The van der Waals surface area contributed by atoms with Crippen molar-refractivity contribution in [3.63, 3.8) is 0 Å². The molecule has 1 aromatic rings. The Bertz CT molecular complexity index is 1670. The lowest BCUT2D eigenvalue weighted by Gasteiger charge is -2.36. The van der Waals surface area contributed by atoms with Crippen molar-refractivity contribution in [2.24, 2.45) is 28.3 Å². The number of nitrogens with zero attached hydrogens (tertiary/aromatic N) is 1. The van der Waals surface area contributed by atoms with Crippen LogP contribution in [0.3, 0.4) is 0 Å². The van der Waals surface area contributed by atoms with E-state index in [1.54, 1.807) is 31.3 Å². The Balaban J connectivity index is 1.24. The molecule has 1 saturated heterocycles. The summed E-state index contributed by atoms with van der Waals surface area (Å²) in [4.78, 5) is 46.3. The average molecular weight is 655 g/mol. The van der Waals surface area contributed by atoms with Gasteiger partial charge in [-0.25, -0.2) is 4.79 Å². The van der Waals surface area contributed by atoms with E-state index in [1.807, 2.05) is 25.2 Å². The summed E-state index contributed by atoms with van der Waals surface area (Å²) in [6, 6.07) is 6.36. The van der Waals surface area contributed by atoms with Crippen LogP contribution in [0.5, 0.6) is 0 Å². The number of carbonyl (C=O) groups is 3. The Morgan fingerprint density at radius 3 is 2.75 bits per heavy atom. The minimum Gasteiger partial charge on any atom is -0.463 e. The van der Waals surface area contributed by atoms with Gasteiger partial charge >= 0.3 is 5.97 Å². The zero-order valence-electron chi connectivity index (χ0n) is 27.9. The number of hydrogen-bond acceptors (Lipinski definition) is 9. The maximum Gasteiger partial charge on any atom is 0.350 e. The van der Waals surface area contributed by atoms with Crippen molar-refractivity contribution in [3.05, 3.63) is 94.4 Å². The number of ether oxygens (including phenoxy) is 2. The standard InChI is InChI=1S/C37H46N6O5/c1-4-41-29-19-24-10-6-5-9-23(24)18-26(29)21-47-34(46)37-33(45)28-12-8-7-11-27(28)32(44)36(37,48-37)15-13-22(2)17-30(43-35(39)40-3)25-14-16-42-31(38)20-25/h6-8,10-14,19-20,23,26,29-30,41-42H,4-5,9,15-18,21,38H2,1-3H3,(H3,39,40,43). The number of epoxide rings is 1. The number of ketones is 2. The zero-order valence-corrected chi connectivity index (χ0v) is 27.9. The van der Waals surface area contributed by atoms with E-state index in [0.29, 0.717) is 24.7 Å². The SMILES string of the molecule is CCNC1C=C2C=CCCC2CC1COC(=O)C12OC1(CC=C(C)CC(NC(N)=NC)C1=CCNC(N)=C1)C(=O)c1ccccc1C2=O. The number of carbonyl (C=O) groups excluding carboxylic acids is 3. The van der Waals surface area contributed by atoms with Crippen LogP contribution in [0.15, 0.2) is 88.3 Å². The lowest BCUT2D eigenvalue weighted by Crippen LogP contribution is -2.51. The lowest BCUT2D eigenvalue weighted by atomic mass is 9.72. The Kier molecular flexibility index (Phi) is 9.44. The highest BCUT2D eigenvalue weighted by Gasteiger charge is 2.85. The molecule has 2 heterocycles. The van der Waals surface area contributed by atoms with Crippen LogP contribution in [-0.2, 0) is 14.3 Å². The molecule has 6 atom stereocenters. The molecule has 6 rings (SSSR count). The van der Waals surface area contributed by atoms with E-state index in [4.69, 9.17) is 20.9 Å². The van der Waals surface area contributed by atoms with E-state index in [0.717, 1.165) is 37.0 Å². The highest BCUT2D eigenvalue weighted by atomic mass is 16.7. The van der Waals surface area contributed by atoms with Crippen molar-refractivity contribution in [2.45, 2.75) is 69.2 Å². The Morgan fingerprint density at radius 1 is 1.25 bits per heavy atom. The van der Waals surface area contributed by atoms with Crippen molar-refractivity contribution in [1.29, 1.82) is 0 Å². The van der Waals surface area contributed by atoms with Crippen LogP contribution in [0, 0.1) is 11.8 Å². The number of hydrogen-bond donors (Lipinski definition) is 5. The van der Waals surface area contributed by atoms with Crippen molar-refractivity contribution in [1.82, 2.24) is 16.0 Å². The summed E-state index contributed by atoms with van der Waals surface area (Å²) in [7, 11) is 1.60. The third-order valence-corrected chi connectivity index (χ3v) is 10.2. The van der Waals surface area contributed by atoms with Crippen molar-refractivity contribution < 1.29 is 23.9 Å². The molecule has 254 valence electrons. The molecule has 0 radical (unpaired) electrons. The molecule has 1 fully saturated rings. The summed E-state index contributed by atoms with van der Waals surface area (Å²) in [6.45, 7) is 5.44. The third kappa shape index (κ3) is 6.01. The van der Waals surface area contributed by atoms with Crippen LogP contribution in [0.1, 0.15) is 66.7 Å². The minimum absolute atomic E-state index is 0.0263. The fourth-order valence-corrected chi connectivity index (χ4v) is 7.61. The number of dihydropyridines is 1. The second-order valence-corrected chi connectivity index (χ2v) is 13.3. The first kappa shape index (κ1) is 33.4. The summed E-state index contributed by atoms with van der Waals surface area (Å²) in [5.74, 6) is -0.477. The van der Waals surface area contributed by atoms with Gasteiger partial charge in [0, 0.05) is 43.1 Å². The van der Waals surface area contributed by atoms with E-state index in [-0.39, 0.29) is 48.1 Å². The number of fused-ring (bicyclic) bond motifs is 3. The second kappa shape index (κ2) is 13.6. The predicted octanol–water partition coefficient (Wildman–Crippen LogP) is 2.97. The first-order valence-electron chi connectivity index (χ1n) is 16.9. The van der Waals surface area contributed by atoms with Crippen LogP contribution in [-0.4, -0.2) is 73.5 Å². The van der Waals surface area contributed by atoms with Gasteiger partial charge in [-0.2, -0.15) is 0 Å². The fraction of sp³-hybridized carbons (Fsp3) is 0.459. The molecule has 3 aliphatic carbocycles. The first-order valence-corrected chi connectivity index (χ1v) is 16.9. The van der Waals surface area contributed by atoms with Crippen LogP contribution in [0.2, 0.25) is 0 Å². The van der Waals surface area contributed by atoms with Crippen LogP contribution < -0.4 is 27.4 Å². The summed E-state index contributed by atoms with van der Waals surface area (Å²) in [6.07, 6.45) is 15.9. The first-order chi connectivity index (χ1) is 23.1. The van der Waals surface area contributed by atoms with Crippen LogP contribution in [0.25, 0.3) is 0 Å². The quantitative estimate of drug-likeness (QED) is 0.0596. The Morgan fingerprint density at radius 2 is 2.02 bits per heavy atom. The van der Waals surface area contributed by atoms with Crippen molar-refractivity contribution in [2.75, 3.05) is 26.7 Å². The van der Waals surface area contributed by atoms with Gasteiger partial charge < -0.3 is 36.9 Å². The topological polar surface area (TPSA) is 173 Å². The average Bonchev–Trinajstić information content (AvgIpc) is 3.80. The van der Waals surface area contributed by atoms with E-state index < -0.39 is 28.7 Å². The Labute approximate surface area is 281 Å². The predicted molar refractivity (Wildman–Crippen MR) is 184 cm³/mol. The van der Waals surface area contributed by atoms with Gasteiger partial charge in [-0.05, 0) is 62.3 Å². The number of nitrogens with one attached hydrogen (secondary N) is 3. The van der Waals surface area contributed by atoms with Crippen LogP contribution >= 0.6 is 0 Å². The largest absolute Gasteiger partial charge is 0.463 e. The van der Waals surface area contributed by atoms with E-state index in [9.17, 15) is 14.4 Å². The molecule has 0 aromatic heterocycles. The molecule has 48 heavy (non-hydrogen) atoms. The maximum absolute atomic E-state index is 14.1. The number of allylic oxidation sites excluding steroid dienone is 3. The number of Topliss-reactive ketones (excluding diaryl/α,β-unsaturated/α-hetero) is 2. The van der Waals surface area contributed by atoms with E-state index in [2.05, 4.69) is 46.1 Å². The monoisotopic (exact) mass is 654 g/mol. The molecule has 11 heteroatoms. The number of guanidine groups is 1. The normalized spacial score (nSPS) is 30.1. The summed E-state index contributed by atoms with van der Waals surface area (Å²) in [5, 5.41) is 9.82. The molecule has 7 N–H and O–H groups in total. The molecular formula is C37H46N6O5. The third-order valence-electron chi connectivity index (χ3n) is 10.2. The summed E-state index contributed by atoms with van der Waals surface area (Å²) in [5.41, 5.74) is 12.0. The summed E-state index contributed by atoms with van der Waals surface area (Å²) < 4.78 is 12.1. The van der Waals surface area contributed by atoms with E-state index >= 15 is 0 Å². The van der Waals surface area contributed by atoms with Crippen LogP contribution in [0.4, 0.5) is 0 Å². The van der Waals surface area contributed by atoms with Gasteiger partial charge in [-0.15, -0.1) is 0 Å². The number of aliphatic imine (C=N–C) groups is 1. The zero-order chi connectivity index (χ0) is 34.1. The van der Waals surface area contributed by atoms with Gasteiger partial charge in [0.1, 0.15) is 0 Å². The van der Waals surface area contributed by atoms with Gasteiger partial charge in [-0.3, -0.25) is 14.6 Å². The number of nitrogens with two attached hydrogens (primary N) is 2. The molecular weight excluding hydrogens is 608 g/mol. The Hall–Kier alpha value is -4.48. The molecule has 0 amide bonds. The number of rotatable bonds is 11. The van der Waals surface area contributed by atoms with Gasteiger partial charge in [0.2, 0.25) is 5.78 Å². The van der Waals surface area contributed by atoms with Gasteiger partial charge in [0.25, 0.3) is 5.60 Å². The molecule has 5 aliphatic rings. The lowest BCUT2D eigenvalue weighted by molar-refractivity contribution is -0.150. The van der Waals surface area contributed by atoms with Crippen molar-refractivity contribution >= 4 is 23.5 Å². The van der Waals surface area contributed by atoms with E-state index in [1.165, 1.54) is 5.57 Å². The van der Waals surface area contributed by atoms with Crippen molar-refractivity contribution in [3.8, 4) is 0 Å². The second-order valence-electron chi connectivity index (χ2n) is 13.3. The number of likely N-dealkylation sites (N-methyl/N-ethyl adjacent to an activating group) is 1. The number of benzene rings is 1. The number of esters is 1. The highest BCUT2D eigenvalue weighted by Crippen LogP contribution is 2.58. The molecule has 0 bridgehead atoms. The van der Waals surface area contributed by atoms with Gasteiger partial charge in [-0.1, -0.05) is 67.1 Å². The minimum atomic E-state index is -2.03. The smallest absolute Gasteiger partial charge is 0.350 e. The molecule has 11 nitrogen and oxygen atoms in total. The molecule has 0 saturated carbocycles. The molecule has 6 unspecified atom stereocenters. The molecule has 0 spiro atoms. The molecule has 2 aliphatic heterocycles.